The highest BCUT2D eigenvalue weighted by Gasteiger charge is 2.27. The van der Waals surface area contributed by atoms with Crippen LogP contribution in [-0.4, -0.2) is 23.8 Å². The van der Waals surface area contributed by atoms with Crippen molar-refractivity contribution < 1.29 is 18.4 Å². The number of halogens is 2. The molecule has 4 nitrogen and oxygen atoms in total. The molecule has 0 saturated heterocycles. The van der Waals surface area contributed by atoms with Gasteiger partial charge in [0.2, 0.25) is 5.91 Å². The van der Waals surface area contributed by atoms with E-state index in [0.29, 0.717) is 5.56 Å². The molecule has 120 valence electrons. The Bertz CT molecular complexity index is 720. The SMILES string of the molecule is CC(=O)N(C)[C@H](C(=O)Nc1cc(F)ccc1F)c1ccccc1. The van der Waals surface area contributed by atoms with Gasteiger partial charge in [-0.15, -0.1) is 0 Å². The number of benzene rings is 2. The van der Waals surface area contributed by atoms with Crippen LogP contribution in [0, 0.1) is 11.6 Å². The molecule has 0 radical (unpaired) electrons. The largest absolute Gasteiger partial charge is 0.330 e. The summed E-state index contributed by atoms with van der Waals surface area (Å²) < 4.78 is 26.9. The maximum Gasteiger partial charge on any atom is 0.251 e. The highest BCUT2D eigenvalue weighted by molar-refractivity contribution is 5.97. The Kier molecular flexibility index (Phi) is 5.05. The van der Waals surface area contributed by atoms with Gasteiger partial charge in [0.25, 0.3) is 5.91 Å². The summed E-state index contributed by atoms with van der Waals surface area (Å²) in [5.41, 5.74) is 0.299. The van der Waals surface area contributed by atoms with Gasteiger partial charge in [0.1, 0.15) is 17.7 Å². The molecule has 2 aromatic carbocycles. The Morgan fingerprint density at radius 3 is 2.35 bits per heavy atom. The minimum atomic E-state index is -0.948. The highest BCUT2D eigenvalue weighted by atomic mass is 19.1. The average molecular weight is 318 g/mol. The normalized spacial score (nSPS) is 11.7. The van der Waals surface area contributed by atoms with Gasteiger partial charge >= 0.3 is 0 Å². The quantitative estimate of drug-likeness (QED) is 0.941. The van der Waals surface area contributed by atoms with E-state index < -0.39 is 23.6 Å². The van der Waals surface area contributed by atoms with Crippen LogP contribution in [0.3, 0.4) is 0 Å². The fourth-order valence-electron chi connectivity index (χ4n) is 2.16. The first-order chi connectivity index (χ1) is 10.9. The van der Waals surface area contributed by atoms with Gasteiger partial charge in [-0.3, -0.25) is 9.59 Å². The van der Waals surface area contributed by atoms with Gasteiger partial charge in [0.05, 0.1) is 5.69 Å². The Morgan fingerprint density at radius 2 is 1.74 bits per heavy atom. The number of hydrogen-bond donors (Lipinski definition) is 1. The third kappa shape index (κ3) is 3.91. The molecular weight excluding hydrogens is 302 g/mol. The topological polar surface area (TPSA) is 49.4 Å². The van der Waals surface area contributed by atoms with Crippen molar-refractivity contribution in [2.75, 3.05) is 12.4 Å². The van der Waals surface area contributed by atoms with E-state index in [4.69, 9.17) is 0 Å². The van der Waals surface area contributed by atoms with Gasteiger partial charge in [-0.05, 0) is 17.7 Å². The van der Waals surface area contributed by atoms with Crippen molar-refractivity contribution in [1.82, 2.24) is 4.90 Å². The first kappa shape index (κ1) is 16.6. The molecule has 0 bridgehead atoms. The van der Waals surface area contributed by atoms with Crippen LogP contribution in [0.4, 0.5) is 14.5 Å². The summed E-state index contributed by atoms with van der Waals surface area (Å²) in [6, 6.07) is 10.4. The molecule has 1 N–H and O–H groups in total. The lowest BCUT2D eigenvalue weighted by molar-refractivity contribution is -0.135. The number of anilines is 1. The molecule has 0 heterocycles. The number of hydrogen-bond acceptors (Lipinski definition) is 2. The molecule has 0 unspecified atom stereocenters. The summed E-state index contributed by atoms with van der Waals surface area (Å²) in [7, 11) is 1.47. The molecule has 6 heteroatoms. The summed E-state index contributed by atoms with van der Waals surface area (Å²) >= 11 is 0. The van der Waals surface area contributed by atoms with Crippen LogP contribution in [0.25, 0.3) is 0 Å². The third-order valence-electron chi connectivity index (χ3n) is 3.43. The van der Waals surface area contributed by atoms with Gasteiger partial charge in [-0.2, -0.15) is 0 Å². The second kappa shape index (κ2) is 7.00. The first-order valence-electron chi connectivity index (χ1n) is 6.94. The molecule has 2 amide bonds. The van der Waals surface area contributed by atoms with E-state index in [2.05, 4.69) is 5.32 Å². The Labute approximate surface area is 132 Å². The number of carbonyl (C=O) groups excluding carboxylic acids is 2. The van der Waals surface area contributed by atoms with E-state index in [1.165, 1.54) is 18.9 Å². The molecule has 23 heavy (non-hydrogen) atoms. The molecule has 0 aliphatic carbocycles. The van der Waals surface area contributed by atoms with Crippen molar-refractivity contribution in [2.24, 2.45) is 0 Å². The van der Waals surface area contributed by atoms with Crippen LogP contribution >= 0.6 is 0 Å². The smallest absolute Gasteiger partial charge is 0.251 e. The number of nitrogens with zero attached hydrogens (tertiary/aromatic N) is 1. The van der Waals surface area contributed by atoms with E-state index in [-0.39, 0.29) is 11.6 Å². The first-order valence-corrected chi connectivity index (χ1v) is 6.94. The second-order valence-corrected chi connectivity index (χ2v) is 5.06. The molecule has 0 aliphatic rings. The van der Waals surface area contributed by atoms with Crippen molar-refractivity contribution in [3.05, 3.63) is 65.7 Å². The van der Waals surface area contributed by atoms with E-state index in [1.807, 2.05) is 0 Å². The van der Waals surface area contributed by atoms with Crippen molar-refractivity contribution >= 4 is 17.5 Å². The summed E-state index contributed by atoms with van der Waals surface area (Å²) in [5, 5.41) is 2.34. The Morgan fingerprint density at radius 1 is 1.09 bits per heavy atom. The Hall–Kier alpha value is -2.76. The van der Waals surface area contributed by atoms with Crippen molar-refractivity contribution in [3.63, 3.8) is 0 Å². The molecule has 0 fully saturated rings. The van der Waals surface area contributed by atoms with Gasteiger partial charge in [0, 0.05) is 20.0 Å². The third-order valence-corrected chi connectivity index (χ3v) is 3.43. The second-order valence-electron chi connectivity index (χ2n) is 5.06. The minimum Gasteiger partial charge on any atom is -0.330 e. The molecule has 1 atom stereocenters. The predicted molar refractivity (Wildman–Crippen MR) is 82.6 cm³/mol. The monoisotopic (exact) mass is 318 g/mol. The lowest BCUT2D eigenvalue weighted by Gasteiger charge is -2.26. The molecule has 2 rings (SSSR count). The van der Waals surface area contributed by atoms with Gasteiger partial charge in [-0.25, -0.2) is 8.78 Å². The maximum absolute atomic E-state index is 13.7. The van der Waals surface area contributed by atoms with Crippen molar-refractivity contribution in [1.29, 1.82) is 0 Å². The average Bonchev–Trinajstić information content (AvgIpc) is 2.52. The van der Waals surface area contributed by atoms with Gasteiger partial charge in [0.15, 0.2) is 0 Å². The Balaban J connectivity index is 2.34. The van der Waals surface area contributed by atoms with E-state index >= 15 is 0 Å². The fraction of sp³-hybridized carbons (Fsp3) is 0.176. The molecule has 0 aliphatic heterocycles. The highest BCUT2D eigenvalue weighted by Crippen LogP contribution is 2.23. The van der Waals surface area contributed by atoms with E-state index in [1.54, 1.807) is 30.3 Å². The maximum atomic E-state index is 13.7. The predicted octanol–water partition coefficient (Wildman–Crippen LogP) is 3.12. The zero-order valence-corrected chi connectivity index (χ0v) is 12.7. The number of likely N-dealkylation sites (N-methyl/N-ethyl adjacent to an activating group) is 1. The minimum absolute atomic E-state index is 0.270. The van der Waals surface area contributed by atoms with Crippen molar-refractivity contribution in [2.45, 2.75) is 13.0 Å². The fourth-order valence-corrected chi connectivity index (χ4v) is 2.16. The van der Waals surface area contributed by atoms with Crippen molar-refractivity contribution in [3.8, 4) is 0 Å². The van der Waals surface area contributed by atoms with Crippen LogP contribution in [0.2, 0.25) is 0 Å². The zero-order chi connectivity index (χ0) is 17.0. The summed E-state index contributed by atoms with van der Waals surface area (Å²) in [6.45, 7) is 1.33. The summed E-state index contributed by atoms with van der Waals surface area (Å²) in [5.74, 6) is -2.37. The van der Waals surface area contributed by atoms with E-state index in [9.17, 15) is 18.4 Å². The number of rotatable bonds is 4. The summed E-state index contributed by atoms with van der Waals surface area (Å²) in [6.07, 6.45) is 0. The van der Waals surface area contributed by atoms with Crippen LogP contribution in [0.1, 0.15) is 18.5 Å². The van der Waals surface area contributed by atoms with Crippen LogP contribution in [-0.2, 0) is 9.59 Å². The molecule has 0 spiro atoms. The molecule has 0 saturated carbocycles. The lowest BCUT2D eigenvalue weighted by Crippen LogP contribution is -2.37. The number of carbonyl (C=O) groups is 2. The molecular formula is C17H16F2N2O2. The summed E-state index contributed by atoms with van der Waals surface area (Å²) in [4.78, 5) is 25.4. The van der Waals surface area contributed by atoms with E-state index in [0.717, 1.165) is 18.2 Å². The number of amides is 2. The standard InChI is InChI=1S/C17H16F2N2O2/c1-11(22)21(2)16(12-6-4-3-5-7-12)17(23)20-15-10-13(18)8-9-14(15)19/h3-10,16H,1-2H3,(H,20,23)/t16-/m0/s1. The van der Waals surface area contributed by atoms with Gasteiger partial charge in [-0.1, -0.05) is 30.3 Å². The number of nitrogens with one attached hydrogen (secondary N) is 1. The van der Waals surface area contributed by atoms with Gasteiger partial charge < -0.3 is 10.2 Å². The van der Waals surface area contributed by atoms with Crippen LogP contribution in [0.15, 0.2) is 48.5 Å². The van der Waals surface area contributed by atoms with Crippen LogP contribution in [0.5, 0.6) is 0 Å². The molecule has 2 aromatic rings. The van der Waals surface area contributed by atoms with Crippen LogP contribution < -0.4 is 5.32 Å². The molecule has 0 aromatic heterocycles. The lowest BCUT2D eigenvalue weighted by atomic mass is 10.0. The zero-order valence-electron chi connectivity index (χ0n) is 12.7.